The van der Waals surface area contributed by atoms with Crippen LogP contribution in [0.15, 0.2) is 345 Å². The molecule has 13 aromatic carbocycles. The Labute approximate surface area is 647 Å². The van der Waals surface area contributed by atoms with Crippen molar-refractivity contribution in [3.63, 3.8) is 0 Å². The Morgan fingerprint density at radius 1 is 0.220 bits per heavy atom. The molecular formula is C93H66BBr2N9O4. The lowest BCUT2D eigenvalue weighted by Crippen LogP contribution is -2.41. The topological polar surface area (TPSA) is 161 Å². The molecule has 524 valence electrons. The Kier molecular flexibility index (Phi) is 19.1. The third-order valence-electron chi connectivity index (χ3n) is 19.6. The van der Waals surface area contributed by atoms with Gasteiger partial charge < -0.3 is 18.1 Å². The van der Waals surface area contributed by atoms with Crippen LogP contribution in [0.5, 0.6) is 0 Å². The molecular weight excluding hydrogens is 1480 g/mol. The molecule has 16 heteroatoms. The van der Waals surface area contributed by atoms with Gasteiger partial charge in [0.25, 0.3) is 0 Å². The summed E-state index contributed by atoms with van der Waals surface area (Å²) >= 11 is 6.94. The second-order valence-electron chi connectivity index (χ2n) is 27.4. The van der Waals surface area contributed by atoms with E-state index >= 15 is 0 Å². The van der Waals surface area contributed by atoms with Gasteiger partial charge in [0.15, 0.2) is 52.4 Å². The molecule has 6 heterocycles. The van der Waals surface area contributed by atoms with E-state index in [9.17, 15) is 0 Å². The average molecular weight is 1540 g/mol. The second-order valence-corrected chi connectivity index (χ2v) is 29.2. The normalized spacial score (nSPS) is 12.9. The molecule has 0 unspecified atom stereocenters. The first-order chi connectivity index (χ1) is 53.2. The van der Waals surface area contributed by atoms with Crippen LogP contribution in [0.4, 0.5) is 0 Å². The zero-order valence-corrected chi connectivity index (χ0v) is 62.8. The van der Waals surface area contributed by atoms with Gasteiger partial charge in [-0.15, -0.1) is 0 Å². The summed E-state index contributed by atoms with van der Waals surface area (Å²) in [5.74, 6) is 5.72. The lowest BCUT2D eigenvalue weighted by molar-refractivity contribution is 0.00578. The fourth-order valence-electron chi connectivity index (χ4n) is 13.1. The summed E-state index contributed by atoms with van der Waals surface area (Å²) in [4.78, 5) is 43.6. The van der Waals surface area contributed by atoms with Gasteiger partial charge >= 0.3 is 7.12 Å². The minimum atomic E-state index is -0.401. The van der Waals surface area contributed by atoms with Crippen LogP contribution in [0, 0.1) is 0 Å². The molecule has 0 saturated carbocycles. The van der Waals surface area contributed by atoms with Crippen molar-refractivity contribution in [1.82, 2.24) is 44.9 Å². The molecule has 109 heavy (non-hydrogen) atoms. The van der Waals surface area contributed by atoms with Crippen LogP contribution < -0.4 is 5.46 Å². The number of benzene rings is 13. The third kappa shape index (κ3) is 14.9. The van der Waals surface area contributed by atoms with Crippen LogP contribution >= 0.6 is 31.9 Å². The molecule has 1 saturated heterocycles. The molecule has 0 N–H and O–H groups in total. The van der Waals surface area contributed by atoms with Crippen molar-refractivity contribution in [2.75, 3.05) is 0 Å². The molecule has 0 radical (unpaired) electrons. The Balaban J connectivity index is 0.000000149. The molecule has 0 aliphatic carbocycles. The van der Waals surface area contributed by atoms with E-state index in [1.165, 1.54) is 0 Å². The quantitative estimate of drug-likeness (QED) is 0.106. The monoisotopic (exact) mass is 1540 g/mol. The molecule has 5 aromatic heterocycles. The number of fused-ring (bicyclic) bond motifs is 6. The van der Waals surface area contributed by atoms with Gasteiger partial charge in [0.1, 0.15) is 22.3 Å². The predicted octanol–water partition coefficient (Wildman–Crippen LogP) is 23.6. The Hall–Kier alpha value is -12.6. The van der Waals surface area contributed by atoms with Crippen molar-refractivity contribution in [2.24, 2.45) is 0 Å². The van der Waals surface area contributed by atoms with Crippen molar-refractivity contribution in [1.29, 1.82) is 0 Å². The van der Waals surface area contributed by atoms with Crippen molar-refractivity contribution >= 4 is 88.3 Å². The van der Waals surface area contributed by atoms with Gasteiger partial charge in [-0.3, -0.25) is 0 Å². The van der Waals surface area contributed by atoms with E-state index in [0.29, 0.717) is 52.4 Å². The molecule has 1 aliphatic heterocycles. The van der Waals surface area contributed by atoms with Crippen LogP contribution in [0.3, 0.4) is 0 Å². The average Bonchev–Trinajstić information content (AvgIpc) is 1.64. The molecule has 1 aliphatic rings. The number of rotatable bonds is 12. The number of furan rings is 2. The van der Waals surface area contributed by atoms with Gasteiger partial charge in [-0.2, -0.15) is 0 Å². The smallest absolute Gasteiger partial charge is 0.456 e. The molecule has 18 aromatic rings. The summed E-state index contributed by atoms with van der Waals surface area (Å²) in [6, 6.07) is 110. The van der Waals surface area contributed by atoms with E-state index in [2.05, 4.69) is 157 Å². The number of halogens is 2. The van der Waals surface area contributed by atoms with Crippen molar-refractivity contribution in [2.45, 2.75) is 38.9 Å². The molecule has 0 atom stereocenters. The van der Waals surface area contributed by atoms with Crippen molar-refractivity contribution in [3.8, 4) is 125 Å². The Morgan fingerprint density at radius 3 is 0.679 bits per heavy atom. The molecule has 0 amide bonds. The Morgan fingerprint density at radius 2 is 0.422 bits per heavy atom. The van der Waals surface area contributed by atoms with E-state index in [1.54, 1.807) is 0 Å². The number of hydrogen-bond acceptors (Lipinski definition) is 13. The van der Waals surface area contributed by atoms with Gasteiger partial charge in [0.05, 0.1) is 11.2 Å². The minimum Gasteiger partial charge on any atom is -0.456 e. The van der Waals surface area contributed by atoms with Gasteiger partial charge in [-0.1, -0.05) is 299 Å². The van der Waals surface area contributed by atoms with Crippen LogP contribution in [0.1, 0.15) is 27.7 Å². The molecule has 13 nitrogen and oxygen atoms in total. The lowest BCUT2D eigenvalue weighted by atomic mass is 9.79. The van der Waals surface area contributed by atoms with Crippen LogP contribution in [-0.4, -0.2) is 63.2 Å². The maximum Gasteiger partial charge on any atom is 0.494 e. The summed E-state index contributed by atoms with van der Waals surface area (Å²) < 4.78 is 26.6. The van der Waals surface area contributed by atoms with Crippen LogP contribution in [0.25, 0.3) is 169 Å². The highest BCUT2D eigenvalue weighted by Crippen LogP contribution is 2.40. The zero-order chi connectivity index (χ0) is 74.0. The zero-order valence-electron chi connectivity index (χ0n) is 59.7. The maximum absolute atomic E-state index is 6.33. The summed E-state index contributed by atoms with van der Waals surface area (Å²) in [5, 5.41) is 4.39. The lowest BCUT2D eigenvalue weighted by Gasteiger charge is -2.32. The summed E-state index contributed by atoms with van der Waals surface area (Å²) in [5.41, 5.74) is 16.5. The van der Waals surface area contributed by atoms with E-state index < -0.39 is 7.12 Å². The maximum atomic E-state index is 6.33. The fourth-order valence-corrected chi connectivity index (χ4v) is 13.8. The van der Waals surface area contributed by atoms with Gasteiger partial charge in [0.2, 0.25) is 0 Å². The van der Waals surface area contributed by atoms with Gasteiger partial charge in [-0.25, -0.2) is 44.9 Å². The highest BCUT2D eigenvalue weighted by molar-refractivity contribution is 9.10. The summed E-state index contributed by atoms with van der Waals surface area (Å²) in [7, 11) is -0.401. The van der Waals surface area contributed by atoms with E-state index in [0.717, 1.165) is 131 Å². The van der Waals surface area contributed by atoms with E-state index in [1.807, 2.05) is 231 Å². The summed E-state index contributed by atoms with van der Waals surface area (Å²) in [6.07, 6.45) is 0. The first-order valence-electron chi connectivity index (χ1n) is 35.8. The highest BCUT2D eigenvalue weighted by atomic mass is 79.9. The second kappa shape index (κ2) is 30.0. The Bertz CT molecular complexity index is 5830. The molecule has 0 spiro atoms. The molecule has 1 fully saturated rings. The number of nitrogens with zero attached hydrogens (tertiary/aromatic N) is 9. The third-order valence-corrected chi connectivity index (χ3v) is 20.6. The highest BCUT2D eigenvalue weighted by Gasteiger charge is 2.51. The van der Waals surface area contributed by atoms with Gasteiger partial charge in [-0.05, 0) is 116 Å². The van der Waals surface area contributed by atoms with E-state index in [-0.39, 0.29) is 11.2 Å². The predicted molar refractivity (Wildman–Crippen MR) is 445 cm³/mol. The van der Waals surface area contributed by atoms with Crippen molar-refractivity contribution in [3.05, 3.63) is 337 Å². The summed E-state index contributed by atoms with van der Waals surface area (Å²) in [6.45, 7) is 8.23. The van der Waals surface area contributed by atoms with Crippen LogP contribution in [0.2, 0.25) is 0 Å². The molecule has 19 rings (SSSR count). The standard InChI is InChI=1S/C54H34N6O.C27H26BN3O2.C12H6Br2O/c1-5-13-37(14-6-1)49-55-50(38-15-7-2-8-16-38)58-53(57-49)41-25-21-35(22-26-41)43-29-31-47-45(33-43)46-34-44(30-32-48(46)61-47)36-23-27-42(28-24-36)54-59-51(39-17-9-3-10-18-39)56-52(60-54)40-19-11-4-12-20-40;1-26(2)27(3,4)33-28(32-26)22-17-15-21(16-18-22)25-30-23(19-11-7-5-8-12-19)29-24(31-25)20-13-9-6-10-14-20;13-7-1-3-11-9(5-7)10-6-8(14)2-4-12(10)15-11/h1-34H;5-18H,1-4H3;1-6H. The fraction of sp³-hybridized carbons (Fsp3) is 0.0645. The van der Waals surface area contributed by atoms with E-state index in [4.69, 9.17) is 63.0 Å². The van der Waals surface area contributed by atoms with Crippen LogP contribution in [-0.2, 0) is 9.31 Å². The first-order valence-corrected chi connectivity index (χ1v) is 37.4. The number of hydrogen-bond donors (Lipinski definition) is 0. The molecule has 0 bridgehead atoms. The SMILES string of the molecule is Brc1ccc2oc3ccc(Br)cc3c2c1.CC1(C)OB(c2ccc(-c3nc(-c4ccccc4)nc(-c4ccccc4)n3)cc2)OC1(C)C.c1ccc(-c2nc(-c3ccccc3)nc(-c3ccc(-c4ccc5oc6ccc(-c7ccc(-c8nc(-c9ccccc9)nc(-c9ccccc9)n8)cc7)cc6c5c4)cc3)n2)cc1. The number of aromatic nitrogens is 9. The first kappa shape index (κ1) is 69.5. The minimum absolute atomic E-state index is 0.375. The largest absolute Gasteiger partial charge is 0.494 e. The van der Waals surface area contributed by atoms with Crippen molar-refractivity contribution < 1.29 is 18.1 Å². The van der Waals surface area contributed by atoms with Gasteiger partial charge in [0, 0.05) is 80.6 Å².